The van der Waals surface area contributed by atoms with E-state index >= 15 is 0 Å². The van der Waals surface area contributed by atoms with Gasteiger partial charge in [0.05, 0.1) is 61.9 Å². The summed E-state index contributed by atoms with van der Waals surface area (Å²) >= 11 is 0. The van der Waals surface area contributed by atoms with Crippen molar-refractivity contribution in [1.82, 2.24) is 4.90 Å². The fraction of sp³-hybridized carbons (Fsp3) is 0.580. The number of hydrogen-bond donors (Lipinski definition) is 3. The van der Waals surface area contributed by atoms with E-state index in [0.29, 0.717) is 38.7 Å². The van der Waals surface area contributed by atoms with Gasteiger partial charge in [-0.25, -0.2) is 9.69 Å². The van der Waals surface area contributed by atoms with Crippen molar-refractivity contribution >= 4 is 17.8 Å². The summed E-state index contributed by atoms with van der Waals surface area (Å²) in [7, 11) is 0. The molecule has 0 unspecified atom stereocenters. The lowest BCUT2D eigenvalue weighted by molar-refractivity contribution is -0.312. The first-order chi connectivity index (χ1) is 29.6. The lowest BCUT2D eigenvalue weighted by atomic mass is 9.87. The number of Topliss-reactive ketones (excluding diaryl/α,β-unsaturated/α-hetero) is 1. The predicted octanol–water partition coefficient (Wildman–Crippen LogP) is 8.10. The fourth-order valence-corrected chi connectivity index (χ4v) is 8.30. The zero-order valence-corrected chi connectivity index (χ0v) is 37.3. The minimum absolute atomic E-state index is 0.00281. The third-order valence-corrected chi connectivity index (χ3v) is 12.5. The molecule has 3 aromatic rings. The van der Waals surface area contributed by atoms with Crippen LogP contribution in [0.25, 0.3) is 0 Å². The first-order valence-corrected chi connectivity index (χ1v) is 22.4. The van der Waals surface area contributed by atoms with Crippen LogP contribution in [0.15, 0.2) is 91.0 Å². The van der Waals surface area contributed by atoms with E-state index in [1.54, 1.807) is 13.8 Å². The van der Waals surface area contributed by atoms with Gasteiger partial charge < -0.3 is 39.0 Å². The normalized spacial score (nSPS) is 22.8. The molecule has 3 N–H and O–H groups in total. The summed E-state index contributed by atoms with van der Waals surface area (Å²) in [6.07, 6.45) is -1.48. The molecule has 0 aromatic heterocycles. The highest BCUT2D eigenvalue weighted by molar-refractivity contribution is 5.95. The average molecular weight is 860 g/mol. The highest BCUT2D eigenvalue weighted by Gasteiger charge is 2.43. The van der Waals surface area contributed by atoms with Crippen LogP contribution < -0.4 is 0 Å². The number of ketones is 1. The van der Waals surface area contributed by atoms with Crippen LogP contribution in [-0.2, 0) is 46.5 Å². The molecule has 0 radical (unpaired) electrons. The number of aliphatic hydroxyl groups excluding tert-OH is 3. The molecule has 0 spiro atoms. The van der Waals surface area contributed by atoms with Crippen LogP contribution in [-0.4, -0.2) is 93.1 Å². The third-order valence-electron chi connectivity index (χ3n) is 12.5. The van der Waals surface area contributed by atoms with Crippen molar-refractivity contribution in [2.45, 2.75) is 161 Å². The van der Waals surface area contributed by atoms with Crippen molar-refractivity contribution in [1.29, 1.82) is 0 Å². The highest BCUT2D eigenvalue weighted by atomic mass is 16.7. The Morgan fingerprint density at radius 2 is 1.29 bits per heavy atom. The number of nitrogens with zero attached hydrogens (tertiary/aromatic N) is 1. The minimum Gasteiger partial charge on any atom is -0.446 e. The number of cyclic esters (lactones) is 1. The van der Waals surface area contributed by atoms with Crippen LogP contribution in [0.2, 0.25) is 0 Å². The third kappa shape index (κ3) is 14.5. The summed E-state index contributed by atoms with van der Waals surface area (Å²) in [4.78, 5) is 41.1. The van der Waals surface area contributed by atoms with E-state index in [-0.39, 0.29) is 62.5 Å². The van der Waals surface area contributed by atoms with Gasteiger partial charge in [-0.05, 0) is 76.0 Å². The van der Waals surface area contributed by atoms with E-state index < -0.39 is 60.1 Å². The number of aliphatic hydroxyl groups is 3. The molecule has 340 valence electrons. The van der Waals surface area contributed by atoms with Gasteiger partial charge in [-0.3, -0.25) is 9.59 Å². The first kappa shape index (κ1) is 49.0. The zero-order chi connectivity index (χ0) is 44.8. The molecule has 62 heavy (non-hydrogen) atoms. The van der Waals surface area contributed by atoms with E-state index in [0.717, 1.165) is 21.6 Å². The van der Waals surface area contributed by atoms with Crippen molar-refractivity contribution in [2.75, 3.05) is 6.61 Å². The van der Waals surface area contributed by atoms with Gasteiger partial charge in [0.1, 0.15) is 18.4 Å². The Hall–Kier alpha value is -4.01. The van der Waals surface area contributed by atoms with E-state index in [4.69, 9.17) is 23.7 Å². The Balaban J connectivity index is 1.12. The summed E-state index contributed by atoms with van der Waals surface area (Å²) < 4.78 is 30.1. The van der Waals surface area contributed by atoms with E-state index in [1.165, 1.54) is 0 Å². The highest BCUT2D eigenvalue weighted by Crippen LogP contribution is 2.35. The van der Waals surface area contributed by atoms with Gasteiger partial charge in [0.15, 0.2) is 5.79 Å². The Bertz CT molecular complexity index is 1810. The van der Waals surface area contributed by atoms with Gasteiger partial charge >= 0.3 is 6.09 Å². The lowest BCUT2D eigenvalue weighted by Gasteiger charge is -2.44. The second-order valence-electron chi connectivity index (χ2n) is 17.8. The largest absolute Gasteiger partial charge is 0.446 e. The molecule has 5 rings (SSSR count). The molecule has 0 aliphatic carbocycles. The quantitative estimate of drug-likeness (QED) is 0.0799. The Morgan fingerprint density at radius 1 is 0.726 bits per heavy atom. The number of imide groups is 1. The van der Waals surface area contributed by atoms with Gasteiger partial charge in [-0.2, -0.15) is 0 Å². The number of hydrogen-bond acceptors (Lipinski definition) is 11. The molecule has 12 nitrogen and oxygen atoms in total. The van der Waals surface area contributed by atoms with Crippen LogP contribution in [0.5, 0.6) is 0 Å². The van der Waals surface area contributed by atoms with Gasteiger partial charge in [-0.15, -0.1) is 0 Å². The van der Waals surface area contributed by atoms with E-state index in [9.17, 15) is 29.7 Å². The van der Waals surface area contributed by atoms with Gasteiger partial charge in [0.2, 0.25) is 5.91 Å². The van der Waals surface area contributed by atoms with Gasteiger partial charge in [0, 0.05) is 24.7 Å². The zero-order valence-electron chi connectivity index (χ0n) is 37.3. The number of benzene rings is 3. The molecule has 11 atom stereocenters. The summed E-state index contributed by atoms with van der Waals surface area (Å²) in [5.41, 5.74) is 2.79. The molecular weight excluding hydrogens is 791 g/mol. The van der Waals surface area contributed by atoms with Crippen molar-refractivity contribution in [2.24, 2.45) is 17.8 Å². The maximum Gasteiger partial charge on any atom is 0.417 e. The summed E-state index contributed by atoms with van der Waals surface area (Å²) in [6, 6.07) is 28.2. The summed E-state index contributed by atoms with van der Waals surface area (Å²) in [6.45, 7) is 11.8. The number of carbonyl (C=O) groups excluding carboxylic acids is 3. The van der Waals surface area contributed by atoms with E-state index in [1.807, 2.05) is 119 Å². The standard InChI is InChI=1S/C50H69NO11/c1-33(58-30-37-16-10-7-11-17-37)22-25-44(53)35(3)47-29-41(61-50(5,6)62-47)24-27-43(52)34(2)46(55)28-40(59-31-38-18-12-8-13-19-38)23-26-45(54)36(4)48(56)51-42(32-60-49(51)57)39-20-14-9-15-21-39/h7-21,33-36,40-45,47,52-54H,22-32H2,1-6H3/t33-,34-,35+,36+,40+,41+,42-,43+,44-,45-,47-/m1/s1. The van der Waals surface area contributed by atoms with Crippen molar-refractivity contribution in [3.05, 3.63) is 108 Å². The Morgan fingerprint density at radius 3 is 1.92 bits per heavy atom. The molecule has 3 aromatic carbocycles. The van der Waals surface area contributed by atoms with Crippen LogP contribution in [0.1, 0.15) is 116 Å². The predicted molar refractivity (Wildman–Crippen MR) is 234 cm³/mol. The van der Waals surface area contributed by atoms with Crippen molar-refractivity contribution in [3.63, 3.8) is 0 Å². The van der Waals surface area contributed by atoms with Gasteiger partial charge in [-0.1, -0.05) is 112 Å². The monoisotopic (exact) mass is 859 g/mol. The molecule has 2 fully saturated rings. The molecule has 0 bridgehead atoms. The van der Waals surface area contributed by atoms with Gasteiger partial charge in [0.25, 0.3) is 0 Å². The second kappa shape index (κ2) is 23.6. The molecule has 2 aliphatic heterocycles. The molecule has 2 amide bonds. The fourth-order valence-electron chi connectivity index (χ4n) is 8.30. The van der Waals surface area contributed by atoms with Crippen molar-refractivity contribution in [3.8, 4) is 0 Å². The molecular formula is C50H69NO11. The molecule has 2 saturated heterocycles. The van der Waals surface area contributed by atoms with Crippen LogP contribution >= 0.6 is 0 Å². The molecule has 2 aliphatic rings. The van der Waals surface area contributed by atoms with Crippen LogP contribution in [0, 0.1) is 17.8 Å². The second-order valence-corrected chi connectivity index (χ2v) is 17.8. The number of carbonyl (C=O) groups is 3. The number of amides is 2. The summed E-state index contributed by atoms with van der Waals surface area (Å²) in [5.74, 6) is -3.39. The van der Waals surface area contributed by atoms with E-state index in [2.05, 4.69) is 0 Å². The minimum atomic E-state index is -1.12. The molecule has 12 heteroatoms. The SMILES string of the molecule is C[C@@H]([C@H](O)CC[C@@H](C)OCc1ccccc1)[C@H]1C[C@H](CC[C@H](O)[C@@H](C)C(=O)C[C@H](CC[C@@H](O)[C@H](C)C(=O)N2C(=O)OC[C@@H]2c2ccccc2)OCc2ccccc2)OC(C)(C)O1. The number of ether oxygens (including phenoxy) is 5. The maximum atomic E-state index is 13.8. The summed E-state index contributed by atoms with van der Waals surface area (Å²) in [5, 5.41) is 33.8. The maximum absolute atomic E-state index is 13.8. The Labute approximate surface area is 367 Å². The molecule has 0 saturated carbocycles. The molecule has 2 heterocycles. The average Bonchev–Trinajstić information content (AvgIpc) is 3.67. The lowest BCUT2D eigenvalue weighted by Crippen LogP contribution is -2.49. The topological polar surface area (TPSA) is 161 Å². The smallest absolute Gasteiger partial charge is 0.417 e. The van der Waals surface area contributed by atoms with Crippen molar-refractivity contribution < 1.29 is 53.4 Å². The number of rotatable bonds is 24. The van der Waals surface area contributed by atoms with Crippen LogP contribution in [0.3, 0.4) is 0 Å². The Kier molecular flexibility index (Phi) is 18.7. The van der Waals surface area contributed by atoms with Crippen LogP contribution in [0.4, 0.5) is 4.79 Å². The first-order valence-electron chi connectivity index (χ1n) is 22.4.